The topological polar surface area (TPSA) is 6.48 Å². The molecule has 0 N–H and O–H groups in total. The summed E-state index contributed by atoms with van der Waals surface area (Å²) in [5.74, 6) is 0. The normalized spacial score (nSPS) is 26.7. The van der Waals surface area contributed by atoms with Crippen molar-refractivity contribution in [3.05, 3.63) is 0 Å². The fraction of sp³-hybridized carbons (Fsp3) is 1.00. The minimum atomic E-state index is 0.829. The zero-order valence-corrected chi connectivity index (χ0v) is 8.01. The van der Waals surface area contributed by atoms with E-state index in [2.05, 4.69) is 30.8 Å². The Balaban J connectivity index is 2.15. The molecule has 1 heterocycles. The Hall–Kier alpha value is -0.0800. The van der Waals surface area contributed by atoms with Crippen LogP contribution in [0.15, 0.2) is 0 Å². The minimum absolute atomic E-state index is 0.829. The summed E-state index contributed by atoms with van der Waals surface area (Å²) in [6.45, 7) is 6.09. The number of likely N-dealkylation sites (N-methyl/N-ethyl adjacent to an activating group) is 1. The Kier molecular flexibility index (Phi) is 3.34. The van der Waals surface area contributed by atoms with Crippen molar-refractivity contribution < 1.29 is 0 Å². The van der Waals surface area contributed by atoms with Gasteiger partial charge in [-0.15, -0.1) is 0 Å². The molecule has 0 aliphatic carbocycles. The van der Waals surface area contributed by atoms with Gasteiger partial charge in [0.25, 0.3) is 0 Å². The SMILES string of the molecule is C[C@H]1CCCN1CCN(C)C. The van der Waals surface area contributed by atoms with Crippen LogP contribution in [0.25, 0.3) is 0 Å². The molecule has 1 aliphatic heterocycles. The van der Waals surface area contributed by atoms with Gasteiger partial charge in [-0.1, -0.05) is 0 Å². The Bertz CT molecular complexity index is 112. The summed E-state index contributed by atoms with van der Waals surface area (Å²) in [4.78, 5) is 4.84. The summed E-state index contributed by atoms with van der Waals surface area (Å²) in [6, 6.07) is 0.829. The van der Waals surface area contributed by atoms with Gasteiger partial charge < -0.3 is 4.90 Å². The Morgan fingerprint density at radius 1 is 1.45 bits per heavy atom. The van der Waals surface area contributed by atoms with Crippen molar-refractivity contribution in [1.29, 1.82) is 0 Å². The smallest absolute Gasteiger partial charge is 0.0112 e. The fourth-order valence-corrected chi connectivity index (χ4v) is 1.65. The zero-order valence-electron chi connectivity index (χ0n) is 8.01. The third-order valence-electron chi connectivity index (χ3n) is 2.53. The number of nitrogens with zero attached hydrogens (tertiary/aromatic N) is 2. The van der Waals surface area contributed by atoms with Crippen molar-refractivity contribution in [3.8, 4) is 0 Å². The monoisotopic (exact) mass is 156 g/mol. The summed E-state index contributed by atoms with van der Waals surface area (Å²) in [5, 5.41) is 0. The van der Waals surface area contributed by atoms with Crippen LogP contribution in [0.1, 0.15) is 19.8 Å². The molecule has 11 heavy (non-hydrogen) atoms. The molecule has 0 aromatic rings. The zero-order chi connectivity index (χ0) is 8.27. The predicted octanol–water partition coefficient (Wildman–Crippen LogP) is 1.03. The molecule has 0 saturated carbocycles. The quantitative estimate of drug-likeness (QED) is 0.602. The standard InChI is InChI=1S/C9H20N2/c1-9-5-4-6-11(9)8-7-10(2)3/h9H,4-8H2,1-3H3/t9-/m0/s1. The lowest BCUT2D eigenvalue weighted by Gasteiger charge is -2.22. The van der Waals surface area contributed by atoms with Gasteiger partial charge >= 0.3 is 0 Å². The third kappa shape index (κ3) is 2.80. The molecular weight excluding hydrogens is 136 g/mol. The molecule has 0 unspecified atom stereocenters. The van der Waals surface area contributed by atoms with E-state index in [1.807, 2.05) is 0 Å². The lowest BCUT2D eigenvalue weighted by Crippen LogP contribution is -2.33. The van der Waals surface area contributed by atoms with E-state index in [9.17, 15) is 0 Å². The maximum atomic E-state index is 2.58. The first-order chi connectivity index (χ1) is 5.20. The van der Waals surface area contributed by atoms with Crippen LogP contribution in [0.2, 0.25) is 0 Å². The lowest BCUT2D eigenvalue weighted by atomic mass is 10.2. The second-order valence-electron chi connectivity index (χ2n) is 3.83. The fourth-order valence-electron chi connectivity index (χ4n) is 1.65. The summed E-state index contributed by atoms with van der Waals surface area (Å²) in [5.41, 5.74) is 0. The predicted molar refractivity (Wildman–Crippen MR) is 48.8 cm³/mol. The maximum absolute atomic E-state index is 2.58. The molecule has 0 radical (unpaired) electrons. The van der Waals surface area contributed by atoms with Gasteiger partial charge in [-0.05, 0) is 40.4 Å². The molecule has 1 fully saturated rings. The molecule has 0 amide bonds. The van der Waals surface area contributed by atoms with E-state index in [-0.39, 0.29) is 0 Å². The second kappa shape index (κ2) is 4.07. The minimum Gasteiger partial charge on any atom is -0.308 e. The molecule has 1 saturated heterocycles. The van der Waals surface area contributed by atoms with Crippen molar-refractivity contribution in [2.75, 3.05) is 33.7 Å². The van der Waals surface area contributed by atoms with Gasteiger partial charge in [0.2, 0.25) is 0 Å². The van der Waals surface area contributed by atoms with Crippen molar-refractivity contribution in [2.45, 2.75) is 25.8 Å². The summed E-state index contributed by atoms with van der Waals surface area (Å²) < 4.78 is 0. The average molecular weight is 156 g/mol. The molecule has 1 aliphatic rings. The molecule has 0 spiro atoms. The van der Waals surface area contributed by atoms with E-state index in [1.165, 1.54) is 32.5 Å². The first kappa shape index (κ1) is 9.01. The van der Waals surface area contributed by atoms with Crippen molar-refractivity contribution in [2.24, 2.45) is 0 Å². The van der Waals surface area contributed by atoms with Crippen LogP contribution in [-0.4, -0.2) is 49.6 Å². The van der Waals surface area contributed by atoms with Gasteiger partial charge in [0.1, 0.15) is 0 Å². The van der Waals surface area contributed by atoms with E-state index in [0.29, 0.717) is 0 Å². The average Bonchev–Trinajstić information content (AvgIpc) is 2.31. The van der Waals surface area contributed by atoms with Crippen LogP contribution in [0.4, 0.5) is 0 Å². The highest BCUT2D eigenvalue weighted by molar-refractivity contribution is 4.75. The first-order valence-electron chi connectivity index (χ1n) is 4.59. The second-order valence-corrected chi connectivity index (χ2v) is 3.83. The van der Waals surface area contributed by atoms with Crippen molar-refractivity contribution in [3.63, 3.8) is 0 Å². The number of rotatable bonds is 3. The molecule has 1 rings (SSSR count). The van der Waals surface area contributed by atoms with Crippen LogP contribution < -0.4 is 0 Å². The van der Waals surface area contributed by atoms with Gasteiger partial charge in [0, 0.05) is 19.1 Å². The van der Waals surface area contributed by atoms with Gasteiger partial charge in [0.05, 0.1) is 0 Å². The van der Waals surface area contributed by atoms with E-state index in [1.54, 1.807) is 0 Å². The van der Waals surface area contributed by atoms with Crippen LogP contribution in [0.5, 0.6) is 0 Å². The first-order valence-corrected chi connectivity index (χ1v) is 4.59. The Morgan fingerprint density at radius 2 is 2.18 bits per heavy atom. The van der Waals surface area contributed by atoms with E-state index in [4.69, 9.17) is 0 Å². The molecule has 0 aromatic heterocycles. The largest absolute Gasteiger partial charge is 0.308 e. The number of hydrogen-bond acceptors (Lipinski definition) is 2. The highest BCUT2D eigenvalue weighted by atomic mass is 15.2. The molecular formula is C9H20N2. The molecule has 2 heteroatoms. The molecule has 1 atom stereocenters. The van der Waals surface area contributed by atoms with Gasteiger partial charge in [-0.3, -0.25) is 4.90 Å². The maximum Gasteiger partial charge on any atom is 0.0112 e. The van der Waals surface area contributed by atoms with E-state index >= 15 is 0 Å². The van der Waals surface area contributed by atoms with Gasteiger partial charge in [-0.2, -0.15) is 0 Å². The van der Waals surface area contributed by atoms with Crippen molar-refractivity contribution >= 4 is 0 Å². The highest BCUT2D eigenvalue weighted by Gasteiger charge is 2.18. The van der Waals surface area contributed by atoms with Gasteiger partial charge in [0.15, 0.2) is 0 Å². The summed E-state index contributed by atoms with van der Waals surface area (Å²) >= 11 is 0. The number of likely N-dealkylation sites (tertiary alicyclic amines) is 1. The summed E-state index contributed by atoms with van der Waals surface area (Å²) in [7, 11) is 4.28. The molecule has 0 aromatic carbocycles. The third-order valence-corrected chi connectivity index (χ3v) is 2.53. The summed E-state index contributed by atoms with van der Waals surface area (Å²) in [6.07, 6.45) is 2.79. The van der Waals surface area contributed by atoms with Crippen molar-refractivity contribution in [1.82, 2.24) is 9.80 Å². The lowest BCUT2D eigenvalue weighted by molar-refractivity contribution is 0.236. The molecule has 0 bridgehead atoms. The highest BCUT2D eigenvalue weighted by Crippen LogP contribution is 2.15. The van der Waals surface area contributed by atoms with Crippen LogP contribution >= 0.6 is 0 Å². The van der Waals surface area contributed by atoms with Crippen LogP contribution in [0, 0.1) is 0 Å². The Morgan fingerprint density at radius 3 is 2.64 bits per heavy atom. The Labute approximate surface area is 70.2 Å². The van der Waals surface area contributed by atoms with E-state index in [0.717, 1.165) is 6.04 Å². The number of hydrogen-bond donors (Lipinski definition) is 0. The molecule has 2 nitrogen and oxygen atoms in total. The van der Waals surface area contributed by atoms with Gasteiger partial charge in [-0.25, -0.2) is 0 Å². The van der Waals surface area contributed by atoms with Crippen LogP contribution in [-0.2, 0) is 0 Å². The van der Waals surface area contributed by atoms with Crippen LogP contribution in [0.3, 0.4) is 0 Å². The molecule has 66 valence electrons. The van der Waals surface area contributed by atoms with E-state index < -0.39 is 0 Å².